The summed E-state index contributed by atoms with van der Waals surface area (Å²) in [6.45, 7) is 4.49. The van der Waals surface area contributed by atoms with Crippen molar-refractivity contribution in [1.29, 1.82) is 0 Å². The van der Waals surface area contributed by atoms with Crippen molar-refractivity contribution >= 4 is 29.1 Å². The van der Waals surface area contributed by atoms with Gasteiger partial charge >= 0.3 is 0 Å². The first-order valence-electron chi connectivity index (χ1n) is 8.98. The van der Waals surface area contributed by atoms with E-state index in [0.717, 1.165) is 37.7 Å². The highest BCUT2D eigenvalue weighted by atomic mass is 32.1. The molecule has 25 heavy (non-hydrogen) atoms. The van der Waals surface area contributed by atoms with Gasteiger partial charge in [-0.2, -0.15) is 0 Å². The average molecular weight is 363 g/mol. The number of rotatable bonds is 4. The maximum absolute atomic E-state index is 12.3. The molecule has 1 aliphatic carbocycles. The third kappa shape index (κ3) is 3.86. The highest BCUT2D eigenvalue weighted by Crippen LogP contribution is 2.29. The Morgan fingerprint density at radius 3 is 2.64 bits per heavy atom. The van der Waals surface area contributed by atoms with E-state index in [1.165, 1.54) is 16.2 Å². The summed E-state index contributed by atoms with van der Waals surface area (Å²) in [4.78, 5) is 40.3. The minimum absolute atomic E-state index is 0.0554. The molecule has 1 atom stereocenters. The van der Waals surface area contributed by atoms with Gasteiger partial charge in [-0.25, -0.2) is 0 Å². The number of hydrogen-bond donors (Lipinski definition) is 2. The fourth-order valence-electron chi connectivity index (χ4n) is 3.74. The molecule has 3 amide bonds. The van der Waals surface area contributed by atoms with Crippen LogP contribution in [0.4, 0.5) is 0 Å². The second-order valence-electron chi connectivity index (χ2n) is 6.90. The zero-order valence-electron chi connectivity index (χ0n) is 14.8. The van der Waals surface area contributed by atoms with E-state index in [4.69, 9.17) is 0 Å². The van der Waals surface area contributed by atoms with Gasteiger partial charge in [-0.3, -0.25) is 25.2 Å². The van der Waals surface area contributed by atoms with Crippen LogP contribution in [0.25, 0.3) is 0 Å². The fourth-order valence-corrected chi connectivity index (χ4v) is 4.75. The maximum Gasteiger partial charge on any atom is 0.279 e. The molecule has 1 unspecified atom stereocenters. The van der Waals surface area contributed by atoms with Gasteiger partial charge in [0.1, 0.15) is 0 Å². The molecule has 0 aromatic carbocycles. The van der Waals surface area contributed by atoms with Gasteiger partial charge in [0.15, 0.2) is 0 Å². The lowest BCUT2D eigenvalue weighted by Gasteiger charge is -2.23. The maximum atomic E-state index is 12.3. The highest BCUT2D eigenvalue weighted by Gasteiger charge is 2.38. The van der Waals surface area contributed by atoms with Gasteiger partial charge in [0.25, 0.3) is 5.91 Å². The Morgan fingerprint density at radius 1 is 1.28 bits per heavy atom. The quantitative estimate of drug-likeness (QED) is 0.805. The molecule has 0 bridgehead atoms. The normalized spacial score (nSPS) is 21.0. The van der Waals surface area contributed by atoms with Crippen LogP contribution in [0.15, 0.2) is 6.07 Å². The zero-order valence-corrected chi connectivity index (χ0v) is 15.6. The third-order valence-corrected chi connectivity index (χ3v) is 6.54. The van der Waals surface area contributed by atoms with Gasteiger partial charge in [0.2, 0.25) is 11.8 Å². The molecular formula is C18H25N3O3S. The van der Waals surface area contributed by atoms with Crippen molar-refractivity contribution in [1.82, 2.24) is 15.8 Å². The third-order valence-electron chi connectivity index (χ3n) is 5.16. The van der Waals surface area contributed by atoms with Crippen LogP contribution in [0.2, 0.25) is 0 Å². The van der Waals surface area contributed by atoms with E-state index in [1.807, 2.05) is 17.9 Å². The van der Waals surface area contributed by atoms with E-state index in [0.29, 0.717) is 17.5 Å². The van der Waals surface area contributed by atoms with Gasteiger partial charge in [0, 0.05) is 23.9 Å². The lowest BCUT2D eigenvalue weighted by atomic mass is 10.1. The SMILES string of the molecule is CCc1sc(C(=O)NNC(=O)C2CC(=O)N(C3CCCC3)C2)cc1C. The van der Waals surface area contributed by atoms with E-state index in [1.54, 1.807) is 0 Å². The number of aryl methyl sites for hydroxylation is 2. The standard InChI is InChI=1S/C18H25N3O3S/c1-3-14-11(2)8-15(25-14)18(24)20-19-17(23)12-9-16(22)21(10-12)13-6-4-5-7-13/h8,12-13H,3-7,9-10H2,1-2H3,(H,19,23)(H,20,24). The number of nitrogens with zero attached hydrogens (tertiary/aromatic N) is 1. The first-order valence-corrected chi connectivity index (χ1v) is 9.80. The Labute approximate surface area is 151 Å². The van der Waals surface area contributed by atoms with Crippen LogP contribution in [0.1, 0.15) is 59.1 Å². The van der Waals surface area contributed by atoms with E-state index >= 15 is 0 Å². The van der Waals surface area contributed by atoms with Crippen LogP contribution >= 0.6 is 11.3 Å². The molecule has 2 heterocycles. The summed E-state index contributed by atoms with van der Waals surface area (Å²) in [5.41, 5.74) is 6.07. The molecule has 2 fully saturated rings. The Balaban J connectivity index is 1.52. The van der Waals surface area contributed by atoms with Crippen molar-refractivity contribution in [2.45, 2.75) is 58.4 Å². The van der Waals surface area contributed by atoms with Crippen molar-refractivity contribution in [3.05, 3.63) is 21.4 Å². The molecule has 2 aliphatic rings. The molecule has 1 aliphatic heterocycles. The van der Waals surface area contributed by atoms with Crippen LogP contribution in [0.5, 0.6) is 0 Å². The van der Waals surface area contributed by atoms with Crippen molar-refractivity contribution in [3.8, 4) is 0 Å². The average Bonchev–Trinajstić information content (AvgIpc) is 3.31. The number of hydrazine groups is 1. The number of thiophene rings is 1. The molecule has 1 aromatic heterocycles. The molecule has 0 spiro atoms. The first kappa shape index (κ1) is 17.9. The Hall–Kier alpha value is -1.89. The molecule has 7 heteroatoms. The van der Waals surface area contributed by atoms with Gasteiger partial charge in [-0.15, -0.1) is 11.3 Å². The number of likely N-dealkylation sites (tertiary alicyclic amines) is 1. The Bertz CT molecular complexity index is 679. The summed E-state index contributed by atoms with van der Waals surface area (Å²) >= 11 is 1.44. The number of carbonyl (C=O) groups excluding carboxylic acids is 3. The molecular weight excluding hydrogens is 338 g/mol. The lowest BCUT2D eigenvalue weighted by Crippen LogP contribution is -2.45. The summed E-state index contributed by atoms with van der Waals surface area (Å²) < 4.78 is 0. The summed E-state index contributed by atoms with van der Waals surface area (Å²) in [5, 5.41) is 0. The second kappa shape index (κ2) is 7.56. The highest BCUT2D eigenvalue weighted by molar-refractivity contribution is 7.14. The molecule has 6 nitrogen and oxygen atoms in total. The predicted molar refractivity (Wildman–Crippen MR) is 96.1 cm³/mol. The van der Waals surface area contributed by atoms with Crippen LogP contribution in [-0.4, -0.2) is 35.2 Å². The van der Waals surface area contributed by atoms with E-state index < -0.39 is 0 Å². The molecule has 1 saturated carbocycles. The smallest absolute Gasteiger partial charge is 0.279 e. The summed E-state index contributed by atoms with van der Waals surface area (Å²) in [7, 11) is 0. The molecule has 0 radical (unpaired) electrons. The van der Waals surface area contributed by atoms with Gasteiger partial charge < -0.3 is 4.90 Å². The monoisotopic (exact) mass is 363 g/mol. The molecule has 136 valence electrons. The van der Waals surface area contributed by atoms with Crippen LogP contribution in [0, 0.1) is 12.8 Å². The van der Waals surface area contributed by atoms with Crippen molar-refractivity contribution < 1.29 is 14.4 Å². The van der Waals surface area contributed by atoms with Crippen molar-refractivity contribution in [3.63, 3.8) is 0 Å². The number of nitrogens with one attached hydrogen (secondary N) is 2. The second-order valence-corrected chi connectivity index (χ2v) is 8.04. The number of carbonyl (C=O) groups is 3. The zero-order chi connectivity index (χ0) is 18.0. The molecule has 1 saturated heterocycles. The van der Waals surface area contributed by atoms with Crippen LogP contribution < -0.4 is 10.9 Å². The van der Waals surface area contributed by atoms with Gasteiger partial charge in [-0.1, -0.05) is 19.8 Å². The fraction of sp³-hybridized carbons (Fsp3) is 0.611. The lowest BCUT2D eigenvalue weighted by molar-refractivity contribution is -0.130. The minimum atomic E-state index is -0.385. The topological polar surface area (TPSA) is 78.5 Å². The first-order chi connectivity index (χ1) is 12.0. The van der Waals surface area contributed by atoms with Gasteiger partial charge in [0.05, 0.1) is 10.8 Å². The summed E-state index contributed by atoms with van der Waals surface area (Å²) in [6.07, 6.45) is 5.50. The number of hydrogen-bond acceptors (Lipinski definition) is 4. The predicted octanol–water partition coefficient (Wildman–Crippen LogP) is 2.17. The summed E-state index contributed by atoms with van der Waals surface area (Å²) in [6, 6.07) is 2.13. The van der Waals surface area contributed by atoms with E-state index in [9.17, 15) is 14.4 Å². The van der Waals surface area contributed by atoms with E-state index in [-0.39, 0.29) is 30.1 Å². The van der Waals surface area contributed by atoms with Crippen LogP contribution in [0.3, 0.4) is 0 Å². The molecule has 3 rings (SSSR count). The Kier molecular flexibility index (Phi) is 5.42. The minimum Gasteiger partial charge on any atom is -0.339 e. The van der Waals surface area contributed by atoms with Gasteiger partial charge in [-0.05, 0) is 37.8 Å². The Morgan fingerprint density at radius 2 is 2.00 bits per heavy atom. The van der Waals surface area contributed by atoms with E-state index in [2.05, 4.69) is 17.8 Å². The van der Waals surface area contributed by atoms with Crippen molar-refractivity contribution in [2.24, 2.45) is 5.92 Å². The number of amides is 3. The molecule has 2 N–H and O–H groups in total. The van der Waals surface area contributed by atoms with Crippen molar-refractivity contribution in [2.75, 3.05) is 6.54 Å². The van der Waals surface area contributed by atoms with Crippen LogP contribution in [-0.2, 0) is 16.0 Å². The molecule has 1 aromatic rings. The largest absolute Gasteiger partial charge is 0.339 e. The summed E-state index contributed by atoms with van der Waals surface area (Å²) in [5.74, 6) is -0.922.